The van der Waals surface area contributed by atoms with Crippen LogP contribution in [-0.4, -0.2) is 42.3 Å². The molecule has 0 heterocycles. The third-order valence-electron chi connectivity index (χ3n) is 1.80. The summed E-state index contributed by atoms with van der Waals surface area (Å²) >= 11 is 0. The summed E-state index contributed by atoms with van der Waals surface area (Å²) in [6, 6.07) is 0. The summed E-state index contributed by atoms with van der Waals surface area (Å²) in [6.45, 7) is 1.91. The van der Waals surface area contributed by atoms with Crippen LogP contribution in [0.25, 0.3) is 0 Å². The van der Waals surface area contributed by atoms with Crippen molar-refractivity contribution in [2.45, 2.75) is 19.8 Å². The monoisotopic (exact) mass is 222 g/mol. The average Bonchev–Trinajstić information content (AvgIpc) is 2.21. The van der Waals surface area contributed by atoms with Crippen LogP contribution in [0.3, 0.4) is 0 Å². The van der Waals surface area contributed by atoms with Crippen LogP contribution in [0.15, 0.2) is 0 Å². The lowest BCUT2D eigenvalue weighted by Gasteiger charge is -2.23. The van der Waals surface area contributed by atoms with Crippen molar-refractivity contribution in [1.82, 2.24) is 0 Å². The van der Waals surface area contributed by atoms with Crippen molar-refractivity contribution in [1.29, 1.82) is 0 Å². The molecule has 0 unspecified atom stereocenters. The number of carbonyl (C=O) groups is 1. The maximum Gasteiger partial charge on any atom is 0.539 e. The van der Waals surface area contributed by atoms with E-state index in [1.54, 1.807) is 0 Å². The van der Waals surface area contributed by atoms with Gasteiger partial charge in [0.2, 0.25) is 0 Å². The minimum atomic E-state index is -2.75. The van der Waals surface area contributed by atoms with Crippen molar-refractivity contribution in [3.05, 3.63) is 0 Å². The van der Waals surface area contributed by atoms with E-state index in [0.717, 1.165) is 6.42 Å². The Morgan fingerprint density at radius 3 is 2.00 bits per heavy atom. The fraction of sp³-hybridized carbons (Fsp3) is 0.875. The van der Waals surface area contributed by atoms with E-state index in [9.17, 15) is 4.79 Å². The molecular formula is C8H18O5Si. The fourth-order valence-corrected chi connectivity index (χ4v) is 2.06. The topological polar surface area (TPSA) is 54.0 Å². The second-order valence-electron chi connectivity index (χ2n) is 2.71. The number of carbonyl (C=O) groups excluding carboxylic acids is 1. The van der Waals surface area contributed by atoms with Gasteiger partial charge in [0.05, 0.1) is 0 Å². The lowest BCUT2D eigenvalue weighted by atomic mass is 10.3. The Balaban J connectivity index is 3.99. The maximum absolute atomic E-state index is 11.1. The van der Waals surface area contributed by atoms with E-state index in [2.05, 4.69) is 0 Å². The van der Waals surface area contributed by atoms with Crippen LogP contribution in [-0.2, 0) is 22.8 Å². The molecule has 0 aliphatic carbocycles. The third-order valence-corrected chi connectivity index (χ3v) is 4.16. The molecule has 0 aliphatic heterocycles. The largest absolute Gasteiger partial charge is 0.539 e. The highest BCUT2D eigenvalue weighted by Gasteiger charge is 2.39. The van der Waals surface area contributed by atoms with Crippen molar-refractivity contribution in [3.63, 3.8) is 0 Å². The summed E-state index contributed by atoms with van der Waals surface area (Å²) in [5, 5.41) is 0. The molecule has 6 heteroatoms. The first kappa shape index (κ1) is 13.6. The number of rotatable bonds is 7. The second-order valence-corrected chi connectivity index (χ2v) is 5.59. The normalized spacial score (nSPS) is 11.4. The van der Waals surface area contributed by atoms with E-state index in [1.165, 1.54) is 21.3 Å². The van der Waals surface area contributed by atoms with Gasteiger partial charge in [-0.15, -0.1) is 0 Å². The highest BCUT2D eigenvalue weighted by molar-refractivity contribution is 6.60. The summed E-state index contributed by atoms with van der Waals surface area (Å²) < 4.78 is 20.2. The first-order valence-electron chi connectivity index (χ1n) is 4.45. The van der Waals surface area contributed by atoms with E-state index in [0.29, 0.717) is 6.42 Å². The zero-order valence-corrected chi connectivity index (χ0v) is 10.2. The molecule has 84 valence electrons. The lowest BCUT2D eigenvalue weighted by Crippen LogP contribution is -2.48. The molecule has 0 rings (SSSR count). The lowest BCUT2D eigenvalue weighted by molar-refractivity contribution is -0.143. The molecule has 0 spiro atoms. The van der Waals surface area contributed by atoms with Gasteiger partial charge in [-0.1, -0.05) is 6.92 Å². The maximum atomic E-state index is 11.1. The van der Waals surface area contributed by atoms with Gasteiger partial charge in [0.1, 0.15) is 0 Å². The predicted molar refractivity (Wildman–Crippen MR) is 52.6 cm³/mol. The van der Waals surface area contributed by atoms with Crippen LogP contribution in [0.2, 0.25) is 0 Å². The van der Waals surface area contributed by atoms with Gasteiger partial charge in [0, 0.05) is 27.8 Å². The zero-order valence-electron chi connectivity index (χ0n) is 9.16. The molecule has 0 aromatic rings. The molecule has 0 fully saturated rings. The Bertz CT molecular complexity index is 161. The van der Waals surface area contributed by atoms with Crippen LogP contribution >= 0.6 is 0 Å². The van der Waals surface area contributed by atoms with Crippen molar-refractivity contribution < 1.29 is 22.8 Å². The third kappa shape index (κ3) is 4.19. The van der Waals surface area contributed by atoms with E-state index in [1.807, 2.05) is 6.92 Å². The van der Waals surface area contributed by atoms with Gasteiger partial charge >= 0.3 is 14.8 Å². The molecule has 0 N–H and O–H groups in total. The Morgan fingerprint density at radius 2 is 1.64 bits per heavy atom. The molecule has 0 aromatic carbocycles. The summed E-state index contributed by atoms with van der Waals surface area (Å²) in [5.41, 5.74) is 0. The zero-order chi connectivity index (χ0) is 11.0. The van der Waals surface area contributed by atoms with E-state index in [-0.39, 0.29) is 12.2 Å². The minimum Gasteiger partial charge on any atom is -0.461 e. The van der Waals surface area contributed by atoms with Crippen molar-refractivity contribution in [2.75, 3.05) is 27.6 Å². The highest BCUT2D eigenvalue weighted by Crippen LogP contribution is 2.07. The number of hydrogen-bond donors (Lipinski definition) is 0. The molecule has 0 aromatic heterocycles. The molecule has 0 saturated heterocycles. The number of ether oxygens (including phenoxy) is 1. The van der Waals surface area contributed by atoms with Crippen molar-refractivity contribution in [2.24, 2.45) is 0 Å². The molecule has 14 heavy (non-hydrogen) atoms. The fourth-order valence-electron chi connectivity index (χ4n) is 0.872. The van der Waals surface area contributed by atoms with Gasteiger partial charge in [-0.3, -0.25) is 4.79 Å². The van der Waals surface area contributed by atoms with Crippen LogP contribution in [0, 0.1) is 0 Å². The number of hydrogen-bond acceptors (Lipinski definition) is 5. The van der Waals surface area contributed by atoms with E-state index < -0.39 is 8.80 Å². The summed E-state index contributed by atoms with van der Waals surface area (Å²) in [5.74, 6) is -0.254. The van der Waals surface area contributed by atoms with Crippen LogP contribution < -0.4 is 0 Å². The summed E-state index contributed by atoms with van der Waals surface area (Å²) in [7, 11) is 1.68. The molecular weight excluding hydrogens is 204 g/mol. The smallest absolute Gasteiger partial charge is 0.461 e. The van der Waals surface area contributed by atoms with Crippen molar-refractivity contribution >= 4 is 14.8 Å². The predicted octanol–water partition coefficient (Wildman–Crippen LogP) is 0.747. The average molecular weight is 222 g/mol. The van der Waals surface area contributed by atoms with Crippen molar-refractivity contribution in [3.8, 4) is 0 Å². The van der Waals surface area contributed by atoms with Gasteiger partial charge < -0.3 is 18.0 Å². The summed E-state index contributed by atoms with van der Waals surface area (Å²) in [6.07, 6.45) is 1.23. The standard InChI is InChI=1S/C8H18O5Si/c1-5-6-8(9)13-7-14(10-2,11-3)12-4/h5-7H2,1-4H3. The molecule has 5 nitrogen and oxygen atoms in total. The van der Waals surface area contributed by atoms with E-state index >= 15 is 0 Å². The van der Waals surface area contributed by atoms with Gasteiger partial charge in [0.15, 0.2) is 6.23 Å². The van der Waals surface area contributed by atoms with Gasteiger partial charge in [-0.2, -0.15) is 0 Å². The summed E-state index contributed by atoms with van der Waals surface area (Å²) in [4.78, 5) is 11.1. The Kier molecular flexibility index (Phi) is 6.72. The first-order valence-corrected chi connectivity index (χ1v) is 6.38. The molecule has 0 saturated carbocycles. The highest BCUT2D eigenvalue weighted by atomic mass is 28.4. The molecule has 0 radical (unpaired) electrons. The minimum absolute atomic E-state index is 0.0648. The first-order chi connectivity index (χ1) is 6.64. The SMILES string of the molecule is CCCC(=O)OC[Si](OC)(OC)OC. The molecule has 0 atom stereocenters. The van der Waals surface area contributed by atoms with Crippen LogP contribution in [0.4, 0.5) is 0 Å². The molecule has 0 amide bonds. The van der Waals surface area contributed by atoms with Gasteiger partial charge in [0.25, 0.3) is 0 Å². The Morgan fingerprint density at radius 1 is 1.14 bits per heavy atom. The molecule has 0 bridgehead atoms. The quantitative estimate of drug-likeness (QED) is 0.470. The number of esters is 1. The van der Waals surface area contributed by atoms with E-state index in [4.69, 9.17) is 18.0 Å². The second kappa shape index (κ2) is 6.94. The Labute approximate surface area is 85.7 Å². The van der Waals surface area contributed by atoms with Crippen LogP contribution in [0.5, 0.6) is 0 Å². The van der Waals surface area contributed by atoms with Gasteiger partial charge in [-0.25, -0.2) is 0 Å². The Hall–Kier alpha value is -0.433. The van der Waals surface area contributed by atoms with Gasteiger partial charge in [-0.05, 0) is 6.42 Å². The molecule has 0 aliphatic rings. The van der Waals surface area contributed by atoms with Crippen LogP contribution in [0.1, 0.15) is 19.8 Å².